The summed E-state index contributed by atoms with van der Waals surface area (Å²) in [5.74, 6) is -0.833. The molecule has 0 aromatic heterocycles. The van der Waals surface area contributed by atoms with E-state index in [0.29, 0.717) is 0 Å². The molecule has 6 heavy (non-hydrogen) atoms. The van der Waals surface area contributed by atoms with Gasteiger partial charge < -0.3 is 5.11 Å². The Kier molecular flexibility index (Phi) is 26.0. The average Bonchev–Trinajstić information content (AvgIpc) is 0.811. The van der Waals surface area contributed by atoms with Crippen molar-refractivity contribution >= 4 is 81.3 Å². The van der Waals surface area contributed by atoms with Crippen molar-refractivity contribution in [1.82, 2.24) is 0 Å². The second kappa shape index (κ2) is 9.96. The number of carbonyl (C=O) groups is 1. The first-order valence-electron chi connectivity index (χ1n) is 0.928. The average molecular weight is 228 g/mol. The molecule has 2 nitrogen and oxygen atoms in total. The number of hydrogen-bond acceptors (Lipinski definition) is 1. The van der Waals surface area contributed by atoms with Crippen LogP contribution in [0.1, 0.15) is 6.92 Å². The Morgan fingerprint density at radius 3 is 1.67 bits per heavy atom. The maximum atomic E-state index is 9.00. The summed E-state index contributed by atoms with van der Waals surface area (Å²) >= 11 is 0. The van der Waals surface area contributed by atoms with Crippen LogP contribution in [0.3, 0.4) is 0 Å². The summed E-state index contributed by atoms with van der Waals surface area (Å²) in [7, 11) is 0. The second-order valence-electron chi connectivity index (χ2n) is 0.519. The molecule has 0 aliphatic carbocycles. The van der Waals surface area contributed by atoms with Gasteiger partial charge in [0, 0.05) is 6.92 Å². The number of carboxylic acids is 1. The van der Waals surface area contributed by atoms with Crippen molar-refractivity contribution in [1.29, 1.82) is 0 Å². The Balaban J connectivity index is -0.0000000450. The quantitative estimate of drug-likeness (QED) is 0.470. The van der Waals surface area contributed by atoms with Crippen molar-refractivity contribution < 1.29 is 9.90 Å². The Morgan fingerprint density at radius 2 is 1.67 bits per heavy atom. The molecule has 0 unspecified atom stereocenters. The summed E-state index contributed by atoms with van der Waals surface area (Å²) in [6.45, 7) is 1.08. The summed E-state index contributed by atoms with van der Waals surface area (Å²) < 4.78 is 0. The zero-order valence-corrected chi connectivity index (χ0v) is 5.09. The van der Waals surface area contributed by atoms with E-state index in [1.807, 2.05) is 0 Å². The molecule has 0 saturated carbocycles. The standard InChI is InChI=1S/C2H4O2.HI.K.H/c1-2(3)4;;;/h1H3,(H,3,4);1H;;. The molecular weight excluding hydrogens is 222 g/mol. The van der Waals surface area contributed by atoms with Crippen LogP contribution in [0.5, 0.6) is 0 Å². The van der Waals surface area contributed by atoms with Crippen LogP contribution >= 0.6 is 24.0 Å². The molecule has 0 aliphatic heterocycles. The van der Waals surface area contributed by atoms with Crippen LogP contribution in [-0.4, -0.2) is 62.5 Å². The van der Waals surface area contributed by atoms with Crippen LogP contribution in [0.4, 0.5) is 0 Å². The van der Waals surface area contributed by atoms with E-state index in [9.17, 15) is 0 Å². The molecule has 0 saturated heterocycles. The third-order valence-electron chi connectivity index (χ3n) is 0. The Hall–Kier alpha value is 1.84. The Bertz CT molecular complexity index is 34.5. The van der Waals surface area contributed by atoms with Gasteiger partial charge in [-0.15, -0.1) is 24.0 Å². The van der Waals surface area contributed by atoms with Crippen LogP contribution in [0.15, 0.2) is 0 Å². The first-order chi connectivity index (χ1) is 1.73. The van der Waals surface area contributed by atoms with Gasteiger partial charge in [0.05, 0.1) is 0 Å². The van der Waals surface area contributed by atoms with Crippen LogP contribution < -0.4 is 0 Å². The van der Waals surface area contributed by atoms with E-state index >= 15 is 0 Å². The van der Waals surface area contributed by atoms with Crippen LogP contribution in [0, 0.1) is 0 Å². The van der Waals surface area contributed by atoms with E-state index < -0.39 is 5.97 Å². The minimum atomic E-state index is -0.833. The molecule has 34 valence electrons. The maximum absolute atomic E-state index is 9.00. The Morgan fingerprint density at radius 1 is 1.67 bits per heavy atom. The first-order valence-corrected chi connectivity index (χ1v) is 0.928. The normalized spacial score (nSPS) is 4.17. The molecule has 0 heterocycles. The van der Waals surface area contributed by atoms with Crippen molar-refractivity contribution in [2.45, 2.75) is 6.92 Å². The topological polar surface area (TPSA) is 37.3 Å². The third kappa shape index (κ3) is 40.5. The van der Waals surface area contributed by atoms with Gasteiger partial charge in [0.1, 0.15) is 0 Å². The zero-order valence-electron chi connectivity index (χ0n) is 2.76. The molecule has 0 aromatic carbocycles. The van der Waals surface area contributed by atoms with Gasteiger partial charge in [-0.05, 0) is 0 Å². The summed E-state index contributed by atoms with van der Waals surface area (Å²) in [6.07, 6.45) is 0. The SMILES string of the molecule is CC(=O)O.I.[KH]. The molecule has 0 spiro atoms. The molecule has 0 aromatic rings. The predicted molar refractivity (Wildman–Crippen MR) is 35.9 cm³/mol. The van der Waals surface area contributed by atoms with Gasteiger partial charge in [-0.1, -0.05) is 0 Å². The summed E-state index contributed by atoms with van der Waals surface area (Å²) in [4.78, 5) is 9.00. The van der Waals surface area contributed by atoms with Gasteiger partial charge in [0.25, 0.3) is 5.97 Å². The van der Waals surface area contributed by atoms with Crippen molar-refractivity contribution in [2.24, 2.45) is 0 Å². The van der Waals surface area contributed by atoms with E-state index in [0.717, 1.165) is 6.92 Å². The van der Waals surface area contributed by atoms with Crippen LogP contribution in [0.2, 0.25) is 0 Å². The van der Waals surface area contributed by atoms with E-state index in [1.165, 1.54) is 0 Å². The first kappa shape index (κ1) is 15.7. The molecule has 0 fully saturated rings. The molecule has 0 amide bonds. The number of hydrogen-bond donors (Lipinski definition) is 1. The fourth-order valence-electron chi connectivity index (χ4n) is 0. The molecule has 4 heteroatoms. The van der Waals surface area contributed by atoms with Gasteiger partial charge >= 0.3 is 51.4 Å². The van der Waals surface area contributed by atoms with Gasteiger partial charge in [-0.3, -0.25) is 4.79 Å². The van der Waals surface area contributed by atoms with Gasteiger partial charge in [-0.25, -0.2) is 0 Å². The monoisotopic (exact) mass is 228 g/mol. The molecule has 0 rings (SSSR count). The minimum absolute atomic E-state index is 0. The van der Waals surface area contributed by atoms with E-state index in [2.05, 4.69) is 0 Å². The van der Waals surface area contributed by atoms with Crippen molar-refractivity contribution in [2.75, 3.05) is 0 Å². The molecule has 0 radical (unpaired) electrons. The molecule has 0 atom stereocenters. The number of aliphatic carboxylic acids is 1. The van der Waals surface area contributed by atoms with Crippen LogP contribution in [0.25, 0.3) is 0 Å². The number of halogens is 1. The molecular formula is C2H6IKO2. The van der Waals surface area contributed by atoms with Crippen molar-refractivity contribution in [3.05, 3.63) is 0 Å². The molecule has 1 N–H and O–H groups in total. The van der Waals surface area contributed by atoms with E-state index in [1.54, 1.807) is 0 Å². The van der Waals surface area contributed by atoms with Crippen molar-refractivity contribution in [3.8, 4) is 0 Å². The van der Waals surface area contributed by atoms with E-state index in [-0.39, 0.29) is 75.4 Å². The zero-order chi connectivity index (χ0) is 3.58. The number of carboxylic acid groups (broad SMARTS) is 1. The van der Waals surface area contributed by atoms with Crippen LogP contribution in [-0.2, 0) is 4.79 Å². The predicted octanol–water partition coefficient (Wildman–Crippen LogP) is 0.0604. The number of rotatable bonds is 0. The van der Waals surface area contributed by atoms with Crippen molar-refractivity contribution in [3.63, 3.8) is 0 Å². The summed E-state index contributed by atoms with van der Waals surface area (Å²) in [5.41, 5.74) is 0. The van der Waals surface area contributed by atoms with Gasteiger partial charge in [-0.2, -0.15) is 0 Å². The third-order valence-corrected chi connectivity index (χ3v) is 0. The summed E-state index contributed by atoms with van der Waals surface area (Å²) in [5, 5.41) is 7.42. The molecule has 0 bridgehead atoms. The molecule has 0 aliphatic rings. The fourth-order valence-corrected chi connectivity index (χ4v) is 0. The fraction of sp³-hybridized carbons (Fsp3) is 0.500. The second-order valence-corrected chi connectivity index (χ2v) is 0.519. The van der Waals surface area contributed by atoms with Gasteiger partial charge in [0.2, 0.25) is 0 Å². The summed E-state index contributed by atoms with van der Waals surface area (Å²) in [6, 6.07) is 0. The van der Waals surface area contributed by atoms with E-state index in [4.69, 9.17) is 9.90 Å². The van der Waals surface area contributed by atoms with Gasteiger partial charge in [0.15, 0.2) is 0 Å². The Labute approximate surface area is 96.1 Å².